The van der Waals surface area contributed by atoms with E-state index in [0.717, 1.165) is 16.7 Å². The third-order valence-electron chi connectivity index (χ3n) is 3.30. The molecule has 0 saturated heterocycles. The predicted molar refractivity (Wildman–Crippen MR) is 78.7 cm³/mol. The fourth-order valence-electron chi connectivity index (χ4n) is 2.23. The van der Waals surface area contributed by atoms with Crippen LogP contribution in [-0.4, -0.2) is 13.0 Å². The molecule has 0 spiro atoms. The standard InChI is InChI=1S/C15H25N3O/c1-9-7-11(15(3,4)5)8-10(2)12(9)13(16)14(19)18-17-6/h7-8,13,17H,16H2,1-6H3,(H,18,19). The molecule has 4 N–H and O–H groups in total. The van der Waals surface area contributed by atoms with Gasteiger partial charge in [0, 0.05) is 7.05 Å². The zero-order valence-corrected chi connectivity index (χ0v) is 12.7. The lowest BCUT2D eigenvalue weighted by molar-refractivity contribution is -0.123. The van der Waals surface area contributed by atoms with Crippen LogP contribution in [0, 0.1) is 13.8 Å². The molecule has 1 aromatic carbocycles. The molecular formula is C15H25N3O. The molecule has 0 saturated carbocycles. The summed E-state index contributed by atoms with van der Waals surface area (Å²) in [5, 5.41) is 0. The molecule has 1 rings (SSSR count). The van der Waals surface area contributed by atoms with Gasteiger partial charge in [0.05, 0.1) is 0 Å². The predicted octanol–water partition coefficient (Wildman–Crippen LogP) is 1.85. The largest absolute Gasteiger partial charge is 0.316 e. The highest BCUT2D eigenvalue weighted by molar-refractivity contribution is 5.83. The molecule has 4 heteroatoms. The molecule has 19 heavy (non-hydrogen) atoms. The summed E-state index contributed by atoms with van der Waals surface area (Å²) >= 11 is 0. The van der Waals surface area contributed by atoms with E-state index in [4.69, 9.17) is 5.73 Å². The van der Waals surface area contributed by atoms with Crippen LogP contribution in [0.2, 0.25) is 0 Å². The van der Waals surface area contributed by atoms with Crippen molar-refractivity contribution in [1.82, 2.24) is 10.9 Å². The maximum atomic E-state index is 11.8. The molecule has 1 aromatic rings. The summed E-state index contributed by atoms with van der Waals surface area (Å²) in [5.74, 6) is -0.225. The zero-order chi connectivity index (χ0) is 14.8. The smallest absolute Gasteiger partial charge is 0.255 e. The summed E-state index contributed by atoms with van der Waals surface area (Å²) in [7, 11) is 1.65. The molecule has 0 aliphatic carbocycles. The van der Waals surface area contributed by atoms with Crippen molar-refractivity contribution >= 4 is 5.91 Å². The topological polar surface area (TPSA) is 67.1 Å². The Morgan fingerprint density at radius 1 is 1.21 bits per heavy atom. The Labute approximate surface area is 115 Å². The summed E-state index contributed by atoms with van der Waals surface area (Å²) in [4.78, 5) is 11.8. The SMILES string of the molecule is CNNC(=O)C(N)c1c(C)cc(C(C)(C)C)cc1C. The van der Waals surface area contributed by atoms with Gasteiger partial charge in [0.25, 0.3) is 5.91 Å². The maximum absolute atomic E-state index is 11.8. The number of nitrogens with two attached hydrogens (primary N) is 1. The molecule has 0 aromatic heterocycles. The van der Waals surface area contributed by atoms with Crippen molar-refractivity contribution in [3.63, 3.8) is 0 Å². The fourth-order valence-corrected chi connectivity index (χ4v) is 2.23. The Balaban J connectivity index is 3.21. The van der Waals surface area contributed by atoms with Crippen molar-refractivity contribution in [2.45, 2.75) is 46.1 Å². The number of aryl methyl sites for hydroxylation is 2. The third-order valence-corrected chi connectivity index (χ3v) is 3.30. The monoisotopic (exact) mass is 263 g/mol. The number of benzene rings is 1. The van der Waals surface area contributed by atoms with Crippen molar-refractivity contribution in [3.8, 4) is 0 Å². The first-order valence-electron chi connectivity index (χ1n) is 6.52. The van der Waals surface area contributed by atoms with Crippen LogP contribution in [0.5, 0.6) is 0 Å². The number of carbonyl (C=O) groups is 1. The Kier molecular flexibility index (Phi) is 4.71. The lowest BCUT2D eigenvalue weighted by Crippen LogP contribution is -2.41. The van der Waals surface area contributed by atoms with Crippen LogP contribution in [0.3, 0.4) is 0 Å². The van der Waals surface area contributed by atoms with Gasteiger partial charge in [-0.05, 0) is 41.5 Å². The number of nitrogens with one attached hydrogen (secondary N) is 2. The first kappa shape index (κ1) is 15.7. The highest BCUT2D eigenvalue weighted by Gasteiger charge is 2.22. The van der Waals surface area contributed by atoms with Gasteiger partial charge in [0.15, 0.2) is 0 Å². The van der Waals surface area contributed by atoms with Crippen LogP contribution in [0.15, 0.2) is 12.1 Å². The molecule has 0 fully saturated rings. The summed E-state index contributed by atoms with van der Waals surface area (Å²) in [6.45, 7) is 10.5. The van der Waals surface area contributed by atoms with Gasteiger partial charge in [0.1, 0.15) is 6.04 Å². The van der Waals surface area contributed by atoms with Crippen molar-refractivity contribution in [2.75, 3.05) is 7.05 Å². The molecule has 0 aliphatic rings. The number of rotatable bonds is 3. The second-order valence-corrected chi connectivity index (χ2v) is 5.99. The second-order valence-electron chi connectivity index (χ2n) is 5.99. The number of amides is 1. The quantitative estimate of drug-likeness (QED) is 0.729. The Hall–Kier alpha value is -1.39. The number of hydrogen-bond donors (Lipinski definition) is 3. The van der Waals surface area contributed by atoms with Crippen molar-refractivity contribution in [2.24, 2.45) is 5.73 Å². The molecule has 4 nitrogen and oxygen atoms in total. The highest BCUT2D eigenvalue weighted by atomic mass is 16.2. The number of carbonyl (C=O) groups excluding carboxylic acids is 1. The lowest BCUT2D eigenvalue weighted by atomic mass is 9.82. The average molecular weight is 263 g/mol. The summed E-state index contributed by atoms with van der Waals surface area (Å²) < 4.78 is 0. The van der Waals surface area contributed by atoms with Crippen molar-refractivity contribution in [1.29, 1.82) is 0 Å². The van der Waals surface area contributed by atoms with Crippen LogP contribution in [0.4, 0.5) is 0 Å². The average Bonchev–Trinajstić information content (AvgIpc) is 2.26. The minimum absolute atomic E-state index is 0.0887. The van der Waals surface area contributed by atoms with E-state index < -0.39 is 6.04 Å². The molecule has 1 amide bonds. The van der Waals surface area contributed by atoms with Gasteiger partial charge in [-0.25, -0.2) is 5.43 Å². The van der Waals surface area contributed by atoms with Crippen LogP contribution in [0.1, 0.15) is 49.1 Å². The van der Waals surface area contributed by atoms with Gasteiger partial charge in [-0.1, -0.05) is 32.9 Å². The first-order chi connectivity index (χ1) is 8.68. The molecule has 0 heterocycles. The van der Waals surface area contributed by atoms with E-state index in [2.05, 4.69) is 43.8 Å². The van der Waals surface area contributed by atoms with Crippen molar-refractivity contribution in [3.05, 3.63) is 34.4 Å². The lowest BCUT2D eigenvalue weighted by Gasteiger charge is -2.24. The number of hydrazine groups is 1. The van der Waals surface area contributed by atoms with Crippen LogP contribution in [0.25, 0.3) is 0 Å². The van der Waals surface area contributed by atoms with Gasteiger partial charge >= 0.3 is 0 Å². The van der Waals surface area contributed by atoms with E-state index in [1.54, 1.807) is 7.05 Å². The summed E-state index contributed by atoms with van der Waals surface area (Å²) in [6.07, 6.45) is 0. The van der Waals surface area contributed by atoms with Gasteiger partial charge in [-0.15, -0.1) is 0 Å². The summed E-state index contributed by atoms with van der Waals surface area (Å²) in [6, 6.07) is 3.59. The first-order valence-corrected chi connectivity index (χ1v) is 6.52. The van der Waals surface area contributed by atoms with E-state index in [1.165, 1.54) is 5.56 Å². The van der Waals surface area contributed by atoms with Gasteiger partial charge in [-0.2, -0.15) is 0 Å². The summed E-state index contributed by atoms with van der Waals surface area (Å²) in [5.41, 5.74) is 15.5. The van der Waals surface area contributed by atoms with Crippen molar-refractivity contribution < 1.29 is 4.79 Å². The van der Waals surface area contributed by atoms with Crippen LogP contribution in [-0.2, 0) is 10.2 Å². The molecule has 1 unspecified atom stereocenters. The highest BCUT2D eigenvalue weighted by Crippen LogP contribution is 2.29. The maximum Gasteiger partial charge on any atom is 0.255 e. The minimum Gasteiger partial charge on any atom is -0.316 e. The second kappa shape index (κ2) is 5.72. The van der Waals surface area contributed by atoms with Gasteiger partial charge in [0.2, 0.25) is 0 Å². The minimum atomic E-state index is -0.651. The van der Waals surface area contributed by atoms with Gasteiger partial charge in [-0.3, -0.25) is 10.2 Å². The number of hydrogen-bond acceptors (Lipinski definition) is 3. The molecule has 0 radical (unpaired) electrons. The van der Waals surface area contributed by atoms with E-state index in [0.29, 0.717) is 0 Å². The fraction of sp³-hybridized carbons (Fsp3) is 0.533. The van der Waals surface area contributed by atoms with Crippen LogP contribution >= 0.6 is 0 Å². The third kappa shape index (κ3) is 3.55. The molecular weight excluding hydrogens is 238 g/mol. The Morgan fingerprint density at radius 3 is 2.05 bits per heavy atom. The molecule has 106 valence electrons. The van der Waals surface area contributed by atoms with Gasteiger partial charge < -0.3 is 5.73 Å². The van der Waals surface area contributed by atoms with E-state index in [9.17, 15) is 4.79 Å². The molecule has 0 bridgehead atoms. The van der Waals surface area contributed by atoms with E-state index >= 15 is 0 Å². The van der Waals surface area contributed by atoms with E-state index in [-0.39, 0.29) is 11.3 Å². The normalized spacial score (nSPS) is 13.2. The molecule has 1 atom stereocenters. The molecule has 0 aliphatic heterocycles. The zero-order valence-electron chi connectivity index (χ0n) is 12.7. The van der Waals surface area contributed by atoms with E-state index in [1.807, 2.05) is 13.8 Å². The van der Waals surface area contributed by atoms with Crippen LogP contribution < -0.4 is 16.6 Å². The Morgan fingerprint density at radius 2 is 1.68 bits per heavy atom. The Bertz CT molecular complexity index is 452.